The third-order valence-electron chi connectivity index (χ3n) is 1.33. The zero-order valence-electron chi connectivity index (χ0n) is 6.34. The third kappa shape index (κ3) is 2.34. The second-order valence-corrected chi connectivity index (χ2v) is 2.17. The second-order valence-electron chi connectivity index (χ2n) is 2.17. The average molecular weight is 170 g/mol. The molecule has 0 unspecified atom stereocenters. The molecule has 1 aromatic rings. The summed E-state index contributed by atoms with van der Waals surface area (Å²) < 4.78 is 27.5. The lowest BCUT2D eigenvalue weighted by molar-refractivity contribution is -0.0708. The van der Waals surface area contributed by atoms with Gasteiger partial charge in [0.2, 0.25) is 0 Å². The summed E-state index contributed by atoms with van der Waals surface area (Å²) in [6.45, 7) is 0.555. The van der Waals surface area contributed by atoms with Crippen LogP contribution < -0.4 is 0 Å². The minimum Gasteiger partial charge on any atom is -0.435 e. The standard InChI is InChI=1S/C9H8F2O/c1-7(12-9(10)11)8-5-3-2-4-6-8/h2-6,9H,1H2. The summed E-state index contributed by atoms with van der Waals surface area (Å²) in [5, 5.41) is 0. The summed E-state index contributed by atoms with van der Waals surface area (Å²) in [6, 6.07) is 8.57. The summed E-state index contributed by atoms with van der Waals surface area (Å²) in [4.78, 5) is 0. The number of halogens is 2. The molecule has 0 N–H and O–H groups in total. The van der Waals surface area contributed by atoms with Crippen LogP contribution in [0.15, 0.2) is 36.9 Å². The molecule has 1 nitrogen and oxygen atoms in total. The Hall–Kier alpha value is -1.38. The highest BCUT2D eigenvalue weighted by atomic mass is 19.3. The van der Waals surface area contributed by atoms with Gasteiger partial charge in [-0.1, -0.05) is 36.9 Å². The van der Waals surface area contributed by atoms with Crippen molar-refractivity contribution < 1.29 is 13.5 Å². The minimum absolute atomic E-state index is 0.00870. The Bertz CT molecular complexity index is 256. The molecule has 0 spiro atoms. The summed E-state index contributed by atoms with van der Waals surface area (Å²) in [7, 11) is 0. The van der Waals surface area contributed by atoms with Gasteiger partial charge in [0.1, 0.15) is 5.76 Å². The van der Waals surface area contributed by atoms with Crippen LogP contribution in [0.3, 0.4) is 0 Å². The quantitative estimate of drug-likeness (QED) is 0.634. The number of rotatable bonds is 3. The molecule has 0 aromatic heterocycles. The Balaban J connectivity index is 2.66. The van der Waals surface area contributed by atoms with Crippen molar-refractivity contribution in [1.29, 1.82) is 0 Å². The van der Waals surface area contributed by atoms with Gasteiger partial charge in [-0.2, -0.15) is 8.78 Å². The summed E-state index contributed by atoms with van der Waals surface area (Å²) in [6.07, 6.45) is 0. The number of hydrogen-bond donors (Lipinski definition) is 0. The Kier molecular flexibility index (Phi) is 2.80. The Morgan fingerprint density at radius 1 is 1.25 bits per heavy atom. The topological polar surface area (TPSA) is 9.23 Å². The van der Waals surface area contributed by atoms with Crippen molar-refractivity contribution in [3.63, 3.8) is 0 Å². The fraction of sp³-hybridized carbons (Fsp3) is 0.111. The van der Waals surface area contributed by atoms with Crippen molar-refractivity contribution in [2.75, 3.05) is 0 Å². The summed E-state index contributed by atoms with van der Waals surface area (Å²) in [5.41, 5.74) is 0.567. The van der Waals surface area contributed by atoms with E-state index in [9.17, 15) is 8.78 Å². The molecular weight excluding hydrogens is 162 g/mol. The lowest BCUT2D eigenvalue weighted by Crippen LogP contribution is -1.96. The molecule has 64 valence electrons. The van der Waals surface area contributed by atoms with Crippen molar-refractivity contribution in [2.45, 2.75) is 6.61 Å². The van der Waals surface area contributed by atoms with Crippen LogP contribution in [0.2, 0.25) is 0 Å². The SMILES string of the molecule is C=C(OC(F)F)c1ccccc1. The molecule has 0 amide bonds. The molecule has 0 aliphatic carbocycles. The fourth-order valence-corrected chi connectivity index (χ4v) is 0.800. The molecule has 12 heavy (non-hydrogen) atoms. The summed E-state index contributed by atoms with van der Waals surface area (Å²) in [5.74, 6) is -0.00870. The van der Waals surface area contributed by atoms with E-state index < -0.39 is 6.61 Å². The van der Waals surface area contributed by atoms with E-state index in [1.807, 2.05) is 0 Å². The predicted molar refractivity (Wildman–Crippen MR) is 42.6 cm³/mol. The highest BCUT2D eigenvalue weighted by Crippen LogP contribution is 2.15. The Labute approximate surface area is 69.3 Å². The lowest BCUT2D eigenvalue weighted by atomic mass is 10.2. The molecule has 0 saturated heterocycles. The minimum atomic E-state index is -2.81. The average Bonchev–Trinajstić information content (AvgIpc) is 2.05. The van der Waals surface area contributed by atoms with E-state index in [-0.39, 0.29) is 5.76 Å². The van der Waals surface area contributed by atoms with Gasteiger partial charge in [0.05, 0.1) is 0 Å². The molecule has 0 bridgehead atoms. The van der Waals surface area contributed by atoms with E-state index in [1.54, 1.807) is 30.3 Å². The lowest BCUT2D eigenvalue weighted by Gasteiger charge is -2.06. The monoisotopic (exact) mass is 170 g/mol. The third-order valence-corrected chi connectivity index (χ3v) is 1.33. The molecule has 1 rings (SSSR count). The number of ether oxygens (including phenoxy) is 1. The molecule has 0 radical (unpaired) electrons. The van der Waals surface area contributed by atoms with Crippen molar-refractivity contribution in [2.24, 2.45) is 0 Å². The van der Waals surface area contributed by atoms with E-state index >= 15 is 0 Å². The highest BCUT2D eigenvalue weighted by molar-refractivity contribution is 5.56. The van der Waals surface area contributed by atoms with Gasteiger partial charge in [0.15, 0.2) is 0 Å². The molecule has 0 atom stereocenters. The van der Waals surface area contributed by atoms with Crippen molar-refractivity contribution in [3.8, 4) is 0 Å². The Morgan fingerprint density at radius 3 is 2.33 bits per heavy atom. The van der Waals surface area contributed by atoms with Gasteiger partial charge in [0, 0.05) is 5.56 Å². The molecule has 1 aromatic carbocycles. The molecule has 0 aliphatic rings. The van der Waals surface area contributed by atoms with Gasteiger partial charge in [-0.25, -0.2) is 0 Å². The van der Waals surface area contributed by atoms with E-state index in [2.05, 4.69) is 11.3 Å². The smallest absolute Gasteiger partial charge is 0.387 e. The van der Waals surface area contributed by atoms with E-state index in [4.69, 9.17) is 0 Å². The van der Waals surface area contributed by atoms with E-state index in [0.29, 0.717) is 5.56 Å². The number of hydrogen-bond acceptors (Lipinski definition) is 1. The zero-order chi connectivity index (χ0) is 8.97. The van der Waals surface area contributed by atoms with Crippen LogP contribution in [0.4, 0.5) is 8.78 Å². The van der Waals surface area contributed by atoms with Crippen molar-refractivity contribution >= 4 is 5.76 Å². The first-order valence-corrected chi connectivity index (χ1v) is 3.39. The molecular formula is C9H8F2O. The van der Waals surface area contributed by atoms with Gasteiger partial charge in [-0.15, -0.1) is 0 Å². The van der Waals surface area contributed by atoms with Gasteiger partial charge >= 0.3 is 6.61 Å². The van der Waals surface area contributed by atoms with Crippen molar-refractivity contribution in [1.82, 2.24) is 0 Å². The maximum atomic E-state index is 11.7. The highest BCUT2D eigenvalue weighted by Gasteiger charge is 2.05. The van der Waals surface area contributed by atoms with Crippen LogP contribution in [-0.2, 0) is 4.74 Å². The van der Waals surface area contributed by atoms with Gasteiger partial charge < -0.3 is 4.74 Å². The van der Waals surface area contributed by atoms with E-state index in [1.165, 1.54) is 0 Å². The molecule has 0 heterocycles. The first kappa shape index (κ1) is 8.71. The molecule has 0 fully saturated rings. The van der Waals surface area contributed by atoms with Gasteiger partial charge in [-0.3, -0.25) is 0 Å². The number of benzene rings is 1. The molecule has 3 heteroatoms. The normalized spacial score (nSPS) is 9.92. The number of alkyl halides is 2. The summed E-state index contributed by atoms with van der Waals surface area (Å²) >= 11 is 0. The predicted octanol–water partition coefficient (Wildman–Crippen LogP) is 2.90. The first-order valence-electron chi connectivity index (χ1n) is 3.39. The largest absolute Gasteiger partial charge is 0.435 e. The fourth-order valence-electron chi connectivity index (χ4n) is 0.800. The Morgan fingerprint density at radius 2 is 1.83 bits per heavy atom. The molecule has 0 saturated carbocycles. The first-order chi connectivity index (χ1) is 5.70. The van der Waals surface area contributed by atoms with Crippen LogP contribution in [0.5, 0.6) is 0 Å². The van der Waals surface area contributed by atoms with Gasteiger partial charge in [0.25, 0.3) is 0 Å². The zero-order valence-corrected chi connectivity index (χ0v) is 6.34. The van der Waals surface area contributed by atoms with Crippen LogP contribution in [0.25, 0.3) is 5.76 Å². The second kappa shape index (κ2) is 3.85. The van der Waals surface area contributed by atoms with Crippen LogP contribution in [0.1, 0.15) is 5.56 Å². The van der Waals surface area contributed by atoms with E-state index in [0.717, 1.165) is 0 Å². The maximum absolute atomic E-state index is 11.7. The van der Waals surface area contributed by atoms with Crippen LogP contribution >= 0.6 is 0 Å². The molecule has 0 aliphatic heterocycles. The van der Waals surface area contributed by atoms with Crippen LogP contribution in [-0.4, -0.2) is 6.61 Å². The van der Waals surface area contributed by atoms with Gasteiger partial charge in [-0.05, 0) is 0 Å². The van der Waals surface area contributed by atoms with Crippen LogP contribution in [0, 0.1) is 0 Å². The maximum Gasteiger partial charge on any atom is 0.387 e. The van der Waals surface area contributed by atoms with Crippen molar-refractivity contribution in [3.05, 3.63) is 42.5 Å².